The molecular weight excluding hydrogens is 227 g/mol. The lowest BCUT2D eigenvalue weighted by Crippen LogP contribution is -2.49. The van der Waals surface area contributed by atoms with Crippen LogP contribution in [-0.4, -0.2) is 25.3 Å². The molecule has 1 aromatic carbocycles. The van der Waals surface area contributed by atoms with E-state index in [2.05, 4.69) is 0 Å². The Bertz CT molecular complexity index is 372. The van der Waals surface area contributed by atoms with Gasteiger partial charge in [-0.05, 0) is 31.0 Å². The molecule has 1 fully saturated rings. The highest BCUT2D eigenvalue weighted by atomic mass is 35.5. The van der Waals surface area contributed by atoms with Crippen LogP contribution in [0, 0.1) is 0 Å². The third kappa shape index (κ3) is 2.47. The Hall–Kier alpha value is -0.800. The third-order valence-electron chi connectivity index (χ3n) is 3.07. The fourth-order valence-corrected chi connectivity index (χ4v) is 2.33. The van der Waals surface area contributed by atoms with E-state index in [9.17, 15) is 4.39 Å². The maximum absolute atomic E-state index is 14.1. The first kappa shape index (κ1) is 11.7. The molecule has 1 heterocycles. The van der Waals surface area contributed by atoms with Gasteiger partial charge in [0.2, 0.25) is 0 Å². The van der Waals surface area contributed by atoms with Crippen LogP contribution in [-0.2, 0) is 0 Å². The van der Waals surface area contributed by atoms with Gasteiger partial charge in [0.15, 0.2) is 0 Å². The molecule has 1 aliphatic heterocycles. The standard InChI is InChI=1S/C12H16ClFN2/c13-10-3-1-4-11(7-10)16-6-2-5-12(14,8-15)9-16/h1,3-4,7H,2,5-6,8-9,15H2. The third-order valence-corrected chi connectivity index (χ3v) is 3.30. The van der Waals surface area contributed by atoms with E-state index in [0.29, 0.717) is 18.0 Å². The highest BCUT2D eigenvalue weighted by Gasteiger charge is 2.34. The maximum Gasteiger partial charge on any atom is 0.140 e. The van der Waals surface area contributed by atoms with Crippen molar-refractivity contribution in [2.45, 2.75) is 18.5 Å². The molecule has 1 saturated heterocycles. The first-order valence-electron chi connectivity index (χ1n) is 5.52. The molecule has 0 saturated carbocycles. The van der Waals surface area contributed by atoms with Gasteiger partial charge in [-0.1, -0.05) is 17.7 Å². The molecule has 2 N–H and O–H groups in total. The Balaban J connectivity index is 2.16. The highest BCUT2D eigenvalue weighted by molar-refractivity contribution is 6.30. The summed E-state index contributed by atoms with van der Waals surface area (Å²) in [6.07, 6.45) is 1.39. The number of halogens is 2. The molecule has 88 valence electrons. The molecule has 4 heteroatoms. The zero-order valence-electron chi connectivity index (χ0n) is 9.13. The molecule has 0 amide bonds. The summed E-state index contributed by atoms with van der Waals surface area (Å²) >= 11 is 5.92. The van der Waals surface area contributed by atoms with Crippen molar-refractivity contribution in [3.05, 3.63) is 29.3 Å². The molecule has 2 rings (SSSR count). The summed E-state index contributed by atoms with van der Waals surface area (Å²) in [6, 6.07) is 7.52. The number of hydrogen-bond donors (Lipinski definition) is 1. The van der Waals surface area contributed by atoms with Gasteiger partial charge in [0.05, 0.1) is 6.54 Å². The zero-order chi connectivity index (χ0) is 11.6. The Morgan fingerprint density at radius 2 is 2.31 bits per heavy atom. The van der Waals surface area contributed by atoms with Gasteiger partial charge in [-0.15, -0.1) is 0 Å². The van der Waals surface area contributed by atoms with E-state index in [1.54, 1.807) is 0 Å². The second-order valence-corrected chi connectivity index (χ2v) is 4.80. The molecule has 1 aromatic rings. The van der Waals surface area contributed by atoms with Gasteiger partial charge in [0.1, 0.15) is 5.67 Å². The predicted molar refractivity (Wildman–Crippen MR) is 65.8 cm³/mol. The monoisotopic (exact) mass is 242 g/mol. The lowest BCUT2D eigenvalue weighted by molar-refractivity contribution is 0.146. The van der Waals surface area contributed by atoms with Crippen LogP contribution in [0.2, 0.25) is 5.02 Å². The van der Waals surface area contributed by atoms with Gasteiger partial charge in [-0.2, -0.15) is 0 Å². The predicted octanol–water partition coefficient (Wildman–Crippen LogP) is 2.61. The van der Waals surface area contributed by atoms with Crippen molar-refractivity contribution in [2.75, 3.05) is 24.5 Å². The first-order valence-corrected chi connectivity index (χ1v) is 5.90. The lowest BCUT2D eigenvalue weighted by Gasteiger charge is -2.38. The number of rotatable bonds is 2. The first-order chi connectivity index (χ1) is 7.63. The van der Waals surface area contributed by atoms with Gasteiger partial charge in [-0.25, -0.2) is 4.39 Å². The van der Waals surface area contributed by atoms with Crippen molar-refractivity contribution in [3.63, 3.8) is 0 Å². The smallest absolute Gasteiger partial charge is 0.140 e. The van der Waals surface area contributed by atoms with Gasteiger partial charge >= 0.3 is 0 Å². The number of piperidine rings is 1. The number of alkyl halides is 1. The summed E-state index contributed by atoms with van der Waals surface area (Å²) < 4.78 is 14.1. The van der Waals surface area contributed by atoms with E-state index in [1.165, 1.54) is 0 Å². The van der Waals surface area contributed by atoms with Crippen LogP contribution in [0.3, 0.4) is 0 Å². The summed E-state index contributed by atoms with van der Waals surface area (Å²) in [4.78, 5) is 2.02. The van der Waals surface area contributed by atoms with Crippen molar-refractivity contribution in [1.82, 2.24) is 0 Å². The molecule has 0 radical (unpaired) electrons. The van der Waals surface area contributed by atoms with Gasteiger partial charge in [0, 0.05) is 23.8 Å². The van der Waals surface area contributed by atoms with Crippen LogP contribution in [0.4, 0.5) is 10.1 Å². The summed E-state index contributed by atoms with van der Waals surface area (Å²) in [5, 5.41) is 0.681. The second-order valence-electron chi connectivity index (χ2n) is 4.36. The highest BCUT2D eigenvalue weighted by Crippen LogP contribution is 2.29. The van der Waals surface area contributed by atoms with Crippen LogP contribution in [0.5, 0.6) is 0 Å². The SMILES string of the molecule is NCC1(F)CCCN(c2cccc(Cl)c2)C1. The average molecular weight is 243 g/mol. The maximum atomic E-state index is 14.1. The Labute approximate surface area is 100 Å². The number of hydrogen-bond acceptors (Lipinski definition) is 2. The fraction of sp³-hybridized carbons (Fsp3) is 0.500. The number of benzene rings is 1. The normalized spacial score (nSPS) is 25.8. The van der Waals surface area contributed by atoms with Crippen LogP contribution >= 0.6 is 11.6 Å². The summed E-state index contributed by atoms with van der Waals surface area (Å²) in [7, 11) is 0. The van der Waals surface area contributed by atoms with Crippen molar-refractivity contribution >= 4 is 17.3 Å². The largest absolute Gasteiger partial charge is 0.368 e. The summed E-state index contributed by atoms with van der Waals surface area (Å²) in [5.41, 5.74) is 5.21. The molecule has 2 nitrogen and oxygen atoms in total. The van der Waals surface area contributed by atoms with Crippen molar-refractivity contribution < 1.29 is 4.39 Å². The van der Waals surface area contributed by atoms with Gasteiger partial charge in [-0.3, -0.25) is 0 Å². The Kier molecular flexibility index (Phi) is 3.36. The summed E-state index contributed by atoms with van der Waals surface area (Å²) in [6.45, 7) is 1.32. The van der Waals surface area contributed by atoms with E-state index in [1.807, 2.05) is 29.2 Å². The van der Waals surface area contributed by atoms with Crippen molar-refractivity contribution in [1.29, 1.82) is 0 Å². The van der Waals surface area contributed by atoms with Gasteiger partial charge in [0.25, 0.3) is 0 Å². The quantitative estimate of drug-likeness (QED) is 0.864. The molecule has 0 spiro atoms. The lowest BCUT2D eigenvalue weighted by atomic mass is 9.94. The van der Waals surface area contributed by atoms with Gasteiger partial charge < -0.3 is 10.6 Å². The average Bonchev–Trinajstić information content (AvgIpc) is 2.29. The molecular formula is C12H16ClFN2. The minimum Gasteiger partial charge on any atom is -0.368 e. The van der Waals surface area contributed by atoms with Crippen molar-refractivity contribution in [3.8, 4) is 0 Å². The molecule has 1 unspecified atom stereocenters. The Morgan fingerprint density at radius 3 is 3.00 bits per heavy atom. The molecule has 0 aromatic heterocycles. The van der Waals surface area contributed by atoms with E-state index in [4.69, 9.17) is 17.3 Å². The summed E-state index contributed by atoms with van der Waals surface area (Å²) in [5.74, 6) is 0. The fourth-order valence-electron chi connectivity index (χ4n) is 2.15. The minimum absolute atomic E-state index is 0.0874. The molecule has 1 atom stereocenters. The molecule has 16 heavy (non-hydrogen) atoms. The molecule has 0 bridgehead atoms. The number of nitrogens with zero attached hydrogens (tertiary/aromatic N) is 1. The van der Waals surface area contributed by atoms with Crippen LogP contribution in [0.15, 0.2) is 24.3 Å². The van der Waals surface area contributed by atoms with Crippen LogP contribution in [0.1, 0.15) is 12.8 Å². The minimum atomic E-state index is -1.25. The zero-order valence-corrected chi connectivity index (χ0v) is 9.88. The van der Waals surface area contributed by atoms with E-state index in [0.717, 1.165) is 18.7 Å². The van der Waals surface area contributed by atoms with E-state index < -0.39 is 5.67 Å². The van der Waals surface area contributed by atoms with Crippen LogP contribution < -0.4 is 10.6 Å². The number of anilines is 1. The Morgan fingerprint density at radius 1 is 1.50 bits per heavy atom. The van der Waals surface area contributed by atoms with Crippen LogP contribution in [0.25, 0.3) is 0 Å². The topological polar surface area (TPSA) is 29.3 Å². The van der Waals surface area contributed by atoms with E-state index >= 15 is 0 Å². The molecule has 1 aliphatic rings. The second kappa shape index (κ2) is 4.60. The van der Waals surface area contributed by atoms with Crippen molar-refractivity contribution in [2.24, 2.45) is 5.73 Å². The molecule has 0 aliphatic carbocycles. The van der Waals surface area contributed by atoms with E-state index in [-0.39, 0.29) is 6.54 Å². The number of nitrogens with two attached hydrogens (primary N) is 1.